The van der Waals surface area contributed by atoms with Crippen LogP contribution in [0.15, 0.2) is 47.4 Å². The summed E-state index contributed by atoms with van der Waals surface area (Å²) in [7, 11) is 2.25. The molecule has 0 saturated carbocycles. The molecule has 1 amide bonds. The van der Waals surface area contributed by atoms with Crippen LogP contribution in [0.5, 0.6) is 11.5 Å². The quantitative estimate of drug-likeness (QED) is 0.849. The molecule has 2 aromatic rings. The number of anilines is 1. The third-order valence-electron chi connectivity index (χ3n) is 3.45. The van der Waals surface area contributed by atoms with Crippen molar-refractivity contribution in [1.29, 1.82) is 0 Å². The zero-order valence-electron chi connectivity index (χ0n) is 14.4. The summed E-state index contributed by atoms with van der Waals surface area (Å²) in [6.45, 7) is 0. The van der Waals surface area contributed by atoms with Gasteiger partial charge >= 0.3 is 0 Å². The number of sulfonamides is 1. The molecule has 0 unspecified atom stereocenters. The molecule has 2 rings (SSSR count). The number of benzene rings is 2. The summed E-state index contributed by atoms with van der Waals surface area (Å²) in [4.78, 5) is 13.3. The van der Waals surface area contributed by atoms with Crippen LogP contribution in [0.25, 0.3) is 0 Å². The van der Waals surface area contributed by atoms with E-state index in [4.69, 9.17) is 9.47 Å². The van der Waals surface area contributed by atoms with Gasteiger partial charge in [-0.3, -0.25) is 9.52 Å². The zero-order valence-corrected chi connectivity index (χ0v) is 15.3. The number of amides is 1. The summed E-state index contributed by atoms with van der Waals surface area (Å²) < 4.78 is 38.0. The van der Waals surface area contributed by atoms with Crippen LogP contribution in [0.1, 0.15) is 10.4 Å². The van der Waals surface area contributed by atoms with Gasteiger partial charge in [0, 0.05) is 31.4 Å². The lowest BCUT2D eigenvalue weighted by Crippen LogP contribution is -2.21. The topological polar surface area (TPSA) is 84.9 Å². The predicted molar refractivity (Wildman–Crippen MR) is 94.8 cm³/mol. The maximum atomic E-state index is 12.7. The SMILES string of the molecule is COc1ccc(OC)c(S(=O)(=O)Nc2ccc(C(=O)N(C)C)cc2)c1. The van der Waals surface area contributed by atoms with E-state index < -0.39 is 10.0 Å². The average Bonchev–Trinajstić information content (AvgIpc) is 2.60. The van der Waals surface area contributed by atoms with Crippen molar-refractivity contribution in [2.75, 3.05) is 33.0 Å². The summed E-state index contributed by atoms with van der Waals surface area (Å²) in [5.41, 5.74) is 0.798. The molecule has 1 N–H and O–H groups in total. The molecule has 0 heterocycles. The van der Waals surface area contributed by atoms with E-state index >= 15 is 0 Å². The van der Waals surface area contributed by atoms with Crippen molar-refractivity contribution >= 4 is 21.6 Å². The van der Waals surface area contributed by atoms with Crippen molar-refractivity contribution in [1.82, 2.24) is 4.90 Å². The molecule has 0 fully saturated rings. The summed E-state index contributed by atoms with van der Waals surface area (Å²) in [6.07, 6.45) is 0. The highest BCUT2D eigenvalue weighted by molar-refractivity contribution is 7.92. The minimum absolute atomic E-state index is 0.0391. The van der Waals surface area contributed by atoms with Crippen LogP contribution >= 0.6 is 0 Å². The Hall–Kier alpha value is -2.74. The van der Waals surface area contributed by atoms with Gasteiger partial charge in [-0.15, -0.1) is 0 Å². The molecule has 0 radical (unpaired) electrons. The van der Waals surface area contributed by atoms with Crippen molar-refractivity contribution in [3.63, 3.8) is 0 Å². The van der Waals surface area contributed by atoms with Crippen LogP contribution in [0, 0.1) is 0 Å². The van der Waals surface area contributed by atoms with E-state index in [1.165, 1.54) is 43.4 Å². The van der Waals surface area contributed by atoms with Gasteiger partial charge in [0.2, 0.25) is 0 Å². The molecule has 0 aliphatic rings. The van der Waals surface area contributed by atoms with Crippen LogP contribution in [0.3, 0.4) is 0 Å². The summed E-state index contributed by atoms with van der Waals surface area (Å²) in [6, 6.07) is 10.7. The van der Waals surface area contributed by atoms with Gasteiger partial charge in [-0.2, -0.15) is 0 Å². The Bertz CT molecular complexity index is 861. The Labute approximate surface area is 147 Å². The first-order valence-electron chi connectivity index (χ1n) is 7.35. The predicted octanol–water partition coefficient (Wildman–Crippen LogP) is 2.21. The first-order valence-corrected chi connectivity index (χ1v) is 8.83. The minimum atomic E-state index is -3.89. The van der Waals surface area contributed by atoms with Gasteiger partial charge in [-0.25, -0.2) is 8.42 Å². The molecular weight excluding hydrogens is 344 g/mol. The average molecular weight is 364 g/mol. The number of nitrogens with one attached hydrogen (secondary N) is 1. The molecule has 0 bridgehead atoms. The molecule has 0 atom stereocenters. The molecule has 0 aliphatic heterocycles. The van der Waals surface area contributed by atoms with Crippen LogP contribution < -0.4 is 14.2 Å². The Morgan fingerprint density at radius 2 is 1.64 bits per heavy atom. The fourth-order valence-corrected chi connectivity index (χ4v) is 3.39. The van der Waals surface area contributed by atoms with Crippen molar-refractivity contribution in [3.8, 4) is 11.5 Å². The van der Waals surface area contributed by atoms with Gasteiger partial charge in [-0.05, 0) is 36.4 Å². The first kappa shape index (κ1) is 18.6. The molecule has 134 valence electrons. The smallest absolute Gasteiger partial charge is 0.265 e. The first-order chi connectivity index (χ1) is 11.8. The third-order valence-corrected chi connectivity index (χ3v) is 4.85. The van der Waals surface area contributed by atoms with Crippen LogP contribution in [0.2, 0.25) is 0 Å². The van der Waals surface area contributed by atoms with E-state index in [9.17, 15) is 13.2 Å². The standard InChI is InChI=1S/C17H20N2O5S/c1-19(2)17(20)12-5-7-13(8-6-12)18-25(21,22)16-11-14(23-3)9-10-15(16)24-4/h5-11,18H,1-4H3. The number of methoxy groups -OCH3 is 2. The number of carbonyl (C=O) groups excluding carboxylic acids is 1. The fourth-order valence-electron chi connectivity index (χ4n) is 2.14. The monoisotopic (exact) mass is 364 g/mol. The van der Waals surface area contributed by atoms with Crippen molar-refractivity contribution in [2.45, 2.75) is 4.90 Å². The lowest BCUT2D eigenvalue weighted by molar-refractivity contribution is 0.0827. The van der Waals surface area contributed by atoms with Crippen LogP contribution in [-0.4, -0.2) is 47.5 Å². The van der Waals surface area contributed by atoms with Crippen LogP contribution in [-0.2, 0) is 10.0 Å². The number of hydrogen-bond donors (Lipinski definition) is 1. The van der Waals surface area contributed by atoms with E-state index in [1.54, 1.807) is 32.3 Å². The highest BCUT2D eigenvalue weighted by Gasteiger charge is 2.21. The molecule has 7 nitrogen and oxygen atoms in total. The minimum Gasteiger partial charge on any atom is -0.497 e. The van der Waals surface area contributed by atoms with Crippen LogP contribution in [0.4, 0.5) is 5.69 Å². The van der Waals surface area contributed by atoms with Gasteiger partial charge in [-0.1, -0.05) is 0 Å². The summed E-state index contributed by atoms with van der Waals surface area (Å²) in [5.74, 6) is 0.435. The van der Waals surface area contributed by atoms with Gasteiger partial charge in [0.25, 0.3) is 15.9 Å². The van der Waals surface area contributed by atoms with Gasteiger partial charge in [0.15, 0.2) is 0 Å². The van der Waals surface area contributed by atoms with Gasteiger partial charge < -0.3 is 14.4 Å². The Morgan fingerprint density at radius 3 is 2.16 bits per heavy atom. The highest BCUT2D eigenvalue weighted by atomic mass is 32.2. The zero-order chi connectivity index (χ0) is 18.6. The second-order valence-electron chi connectivity index (χ2n) is 5.40. The number of carbonyl (C=O) groups is 1. The molecule has 0 spiro atoms. The van der Waals surface area contributed by atoms with E-state index in [2.05, 4.69) is 4.72 Å². The molecule has 0 saturated heterocycles. The Kier molecular flexibility index (Phi) is 5.53. The van der Waals surface area contributed by atoms with Crippen molar-refractivity contribution < 1.29 is 22.7 Å². The normalized spacial score (nSPS) is 10.9. The summed E-state index contributed by atoms with van der Waals surface area (Å²) >= 11 is 0. The van der Waals surface area contributed by atoms with Gasteiger partial charge in [0.1, 0.15) is 16.4 Å². The Morgan fingerprint density at radius 1 is 1.00 bits per heavy atom. The number of rotatable bonds is 6. The van der Waals surface area contributed by atoms with E-state index in [0.717, 1.165) is 0 Å². The molecular formula is C17H20N2O5S. The summed E-state index contributed by atoms with van der Waals surface area (Å²) in [5, 5.41) is 0. The lowest BCUT2D eigenvalue weighted by atomic mass is 10.2. The largest absolute Gasteiger partial charge is 0.497 e. The maximum Gasteiger partial charge on any atom is 0.265 e. The molecule has 2 aromatic carbocycles. The molecule has 0 aliphatic carbocycles. The Balaban J connectivity index is 2.31. The van der Waals surface area contributed by atoms with E-state index in [1.807, 2.05) is 0 Å². The number of hydrogen-bond acceptors (Lipinski definition) is 5. The second kappa shape index (κ2) is 7.43. The number of nitrogens with zero attached hydrogens (tertiary/aromatic N) is 1. The maximum absolute atomic E-state index is 12.7. The highest BCUT2D eigenvalue weighted by Crippen LogP contribution is 2.29. The lowest BCUT2D eigenvalue weighted by Gasteiger charge is -2.14. The molecule has 8 heteroatoms. The molecule has 25 heavy (non-hydrogen) atoms. The van der Waals surface area contributed by atoms with Crippen molar-refractivity contribution in [2.24, 2.45) is 0 Å². The van der Waals surface area contributed by atoms with Gasteiger partial charge in [0.05, 0.1) is 14.2 Å². The van der Waals surface area contributed by atoms with Crippen molar-refractivity contribution in [3.05, 3.63) is 48.0 Å². The van der Waals surface area contributed by atoms with E-state index in [-0.39, 0.29) is 16.6 Å². The second-order valence-corrected chi connectivity index (χ2v) is 7.05. The van der Waals surface area contributed by atoms with E-state index in [0.29, 0.717) is 17.0 Å². The molecule has 0 aromatic heterocycles. The third kappa shape index (κ3) is 4.21. The number of ether oxygens (including phenoxy) is 2. The fraction of sp³-hybridized carbons (Fsp3) is 0.235.